The smallest absolute Gasteiger partial charge is 0.238 e. The number of phenols is 1. The predicted octanol–water partition coefficient (Wildman–Crippen LogP) is 8.16. The number of carbonyl (C=O) groups is 4. The number of anilines is 3. The number of benzene rings is 5. The molecule has 260 valence electrons. The molecule has 9 rings (SSSR count). The molecular formula is C46H36N2O5. The van der Waals surface area contributed by atoms with Gasteiger partial charge in [0.25, 0.3) is 0 Å². The fourth-order valence-electron chi connectivity index (χ4n) is 9.59. The summed E-state index contributed by atoms with van der Waals surface area (Å²) in [5, 5.41) is 14.8. The zero-order chi connectivity index (χ0) is 36.3. The SMILES string of the molecule is O=C1C(c2ccccc2)=CC(=O)C2(c3ccccc3)C1CC1C(=CCC3C(=O)N(c4ccc(Nc5ccccc5)cc4)C(=O)C31)C2c1ccccc1O. The van der Waals surface area contributed by atoms with Crippen molar-refractivity contribution < 1.29 is 24.3 Å². The van der Waals surface area contributed by atoms with Crippen LogP contribution in [0.15, 0.2) is 157 Å². The lowest BCUT2D eigenvalue weighted by atomic mass is 9.44. The van der Waals surface area contributed by atoms with Crippen molar-refractivity contribution in [2.75, 3.05) is 10.2 Å². The van der Waals surface area contributed by atoms with E-state index in [1.165, 1.54) is 11.0 Å². The van der Waals surface area contributed by atoms with E-state index >= 15 is 9.59 Å². The molecular weight excluding hydrogens is 661 g/mol. The number of hydrogen-bond acceptors (Lipinski definition) is 6. The first-order valence-electron chi connectivity index (χ1n) is 18.1. The number of phenolic OH excluding ortho intramolecular Hbond substituents is 1. The second-order valence-corrected chi connectivity index (χ2v) is 14.4. The Morgan fingerprint density at radius 3 is 1.98 bits per heavy atom. The monoisotopic (exact) mass is 696 g/mol. The molecule has 0 aromatic heterocycles. The fraction of sp³-hybridized carbons (Fsp3) is 0.174. The number of Topliss-reactive ketones (excluding diaryl/α,β-unsaturated/α-hetero) is 1. The van der Waals surface area contributed by atoms with Crippen LogP contribution in [0.2, 0.25) is 0 Å². The highest BCUT2D eigenvalue weighted by Crippen LogP contribution is 2.64. The summed E-state index contributed by atoms with van der Waals surface area (Å²) in [7, 11) is 0. The Hall–Kier alpha value is -6.34. The minimum absolute atomic E-state index is 0.00738. The number of amides is 2. The topological polar surface area (TPSA) is 104 Å². The van der Waals surface area contributed by atoms with Crippen LogP contribution in [0.1, 0.15) is 35.4 Å². The van der Waals surface area contributed by atoms with E-state index in [4.69, 9.17) is 0 Å². The zero-order valence-electron chi connectivity index (χ0n) is 28.8. The molecule has 5 aromatic rings. The van der Waals surface area contributed by atoms with Crippen molar-refractivity contribution in [1.29, 1.82) is 0 Å². The van der Waals surface area contributed by atoms with Crippen molar-refractivity contribution >= 4 is 46.0 Å². The first-order valence-corrected chi connectivity index (χ1v) is 18.1. The summed E-state index contributed by atoms with van der Waals surface area (Å²) < 4.78 is 0. The van der Waals surface area contributed by atoms with Crippen LogP contribution in [0.3, 0.4) is 0 Å². The van der Waals surface area contributed by atoms with Gasteiger partial charge < -0.3 is 10.4 Å². The third-order valence-corrected chi connectivity index (χ3v) is 11.8. The molecule has 0 bridgehead atoms. The van der Waals surface area contributed by atoms with Gasteiger partial charge in [0.15, 0.2) is 11.6 Å². The molecule has 1 saturated carbocycles. The number of para-hydroxylation sites is 2. The van der Waals surface area contributed by atoms with Gasteiger partial charge in [0.1, 0.15) is 5.75 Å². The number of imide groups is 1. The van der Waals surface area contributed by atoms with Crippen molar-refractivity contribution in [3.63, 3.8) is 0 Å². The van der Waals surface area contributed by atoms with Gasteiger partial charge in [-0.3, -0.25) is 24.1 Å². The third-order valence-electron chi connectivity index (χ3n) is 11.8. The number of allylic oxidation sites excluding steroid dienone is 4. The van der Waals surface area contributed by atoms with Crippen LogP contribution in [-0.4, -0.2) is 28.5 Å². The van der Waals surface area contributed by atoms with Gasteiger partial charge in [-0.15, -0.1) is 0 Å². The minimum atomic E-state index is -1.39. The zero-order valence-corrected chi connectivity index (χ0v) is 28.8. The second-order valence-electron chi connectivity index (χ2n) is 14.4. The Morgan fingerprint density at radius 2 is 1.28 bits per heavy atom. The molecule has 2 N–H and O–H groups in total. The van der Waals surface area contributed by atoms with Crippen molar-refractivity contribution in [2.24, 2.45) is 23.7 Å². The number of nitrogens with zero attached hydrogens (tertiary/aromatic N) is 1. The van der Waals surface area contributed by atoms with Crippen LogP contribution < -0.4 is 10.2 Å². The van der Waals surface area contributed by atoms with Crippen LogP contribution in [0.25, 0.3) is 5.57 Å². The summed E-state index contributed by atoms with van der Waals surface area (Å²) in [6.07, 6.45) is 4.01. The van der Waals surface area contributed by atoms with Crippen LogP contribution in [0.4, 0.5) is 17.1 Å². The number of ketones is 2. The first kappa shape index (κ1) is 32.6. The van der Waals surface area contributed by atoms with Gasteiger partial charge in [0.05, 0.1) is 22.9 Å². The third kappa shape index (κ3) is 5.02. The van der Waals surface area contributed by atoms with Crippen molar-refractivity contribution in [3.8, 4) is 5.75 Å². The number of aromatic hydroxyl groups is 1. The van der Waals surface area contributed by atoms with Crippen LogP contribution >= 0.6 is 0 Å². The van der Waals surface area contributed by atoms with E-state index in [1.807, 2.05) is 121 Å². The van der Waals surface area contributed by atoms with Crippen LogP contribution in [-0.2, 0) is 24.6 Å². The van der Waals surface area contributed by atoms with Crippen LogP contribution in [0, 0.1) is 23.7 Å². The molecule has 6 atom stereocenters. The van der Waals surface area contributed by atoms with Crippen molar-refractivity contribution in [3.05, 3.63) is 174 Å². The maximum atomic E-state index is 15.1. The molecule has 1 heterocycles. The molecule has 5 aromatic carbocycles. The van der Waals surface area contributed by atoms with Gasteiger partial charge >= 0.3 is 0 Å². The Bertz CT molecular complexity index is 2330. The van der Waals surface area contributed by atoms with Crippen molar-refractivity contribution in [2.45, 2.75) is 24.2 Å². The maximum Gasteiger partial charge on any atom is 0.238 e. The van der Waals surface area contributed by atoms with Crippen LogP contribution in [0.5, 0.6) is 5.75 Å². The summed E-state index contributed by atoms with van der Waals surface area (Å²) in [5.74, 6) is -4.49. The van der Waals surface area contributed by atoms with Crippen molar-refractivity contribution in [1.82, 2.24) is 0 Å². The summed E-state index contributed by atoms with van der Waals surface area (Å²) >= 11 is 0. The lowest BCUT2D eigenvalue weighted by molar-refractivity contribution is -0.135. The predicted molar refractivity (Wildman–Crippen MR) is 203 cm³/mol. The summed E-state index contributed by atoms with van der Waals surface area (Å²) in [5.41, 5.74) is 3.83. The van der Waals surface area contributed by atoms with E-state index in [0.29, 0.717) is 34.4 Å². The molecule has 53 heavy (non-hydrogen) atoms. The van der Waals surface area contributed by atoms with E-state index in [9.17, 15) is 14.7 Å². The first-order chi connectivity index (χ1) is 25.9. The molecule has 6 unspecified atom stereocenters. The highest BCUT2D eigenvalue weighted by Gasteiger charge is 2.66. The summed E-state index contributed by atoms with van der Waals surface area (Å²) in [4.78, 5) is 60.3. The molecule has 1 saturated heterocycles. The Kier molecular flexibility index (Phi) is 7.81. The molecule has 0 spiro atoms. The van der Waals surface area contributed by atoms with Gasteiger partial charge in [-0.1, -0.05) is 109 Å². The lowest BCUT2D eigenvalue weighted by Gasteiger charge is -2.55. The normalized spacial score (nSPS) is 26.3. The molecule has 4 aliphatic rings. The molecule has 7 nitrogen and oxygen atoms in total. The summed E-state index contributed by atoms with van der Waals surface area (Å²) in [6.45, 7) is 0. The quantitative estimate of drug-likeness (QED) is 0.137. The van der Waals surface area contributed by atoms with Gasteiger partial charge in [-0.05, 0) is 78.4 Å². The van der Waals surface area contributed by atoms with Gasteiger partial charge in [-0.25, -0.2) is 0 Å². The largest absolute Gasteiger partial charge is 0.508 e. The second kappa shape index (κ2) is 12.7. The summed E-state index contributed by atoms with van der Waals surface area (Å²) in [6, 6.07) is 42.5. The van der Waals surface area contributed by atoms with E-state index in [-0.39, 0.29) is 35.6 Å². The van der Waals surface area contributed by atoms with E-state index in [2.05, 4.69) is 5.32 Å². The Morgan fingerprint density at radius 1 is 0.660 bits per heavy atom. The number of rotatable bonds is 6. The minimum Gasteiger partial charge on any atom is -0.508 e. The number of nitrogens with one attached hydrogen (secondary N) is 1. The average Bonchev–Trinajstić information content (AvgIpc) is 3.46. The van der Waals surface area contributed by atoms with Gasteiger partial charge in [-0.2, -0.15) is 0 Å². The lowest BCUT2D eigenvalue weighted by Crippen LogP contribution is -2.58. The maximum absolute atomic E-state index is 15.1. The molecule has 2 fully saturated rings. The Labute approximate surface area is 307 Å². The molecule has 0 radical (unpaired) electrons. The fourth-order valence-corrected chi connectivity index (χ4v) is 9.59. The standard InChI is InChI=1S/C46H36N2O5/c49-39-19-11-10-18-34(39)42-33-24-25-35-41(45(53)48(44(35)52)32-22-20-31(21-23-32)47-30-16-8-3-9-17-30)37(33)26-38-43(51)36(28-12-4-1-5-13-28)27-40(50)46(38,42)29-14-6-2-7-15-29/h1-24,27,35,37-38,41-42,47,49H,25-26H2. The van der Waals surface area contributed by atoms with E-state index in [0.717, 1.165) is 16.9 Å². The highest BCUT2D eigenvalue weighted by atomic mass is 16.3. The average molecular weight is 697 g/mol. The number of fused-ring (bicyclic) bond motifs is 4. The number of hydrogen-bond donors (Lipinski definition) is 2. The highest BCUT2D eigenvalue weighted by molar-refractivity contribution is 6.32. The van der Waals surface area contributed by atoms with Gasteiger partial charge in [0, 0.05) is 34.3 Å². The number of carbonyl (C=O) groups excluding carboxylic acids is 4. The molecule has 1 aliphatic heterocycles. The molecule has 3 aliphatic carbocycles. The Balaban J connectivity index is 1.17. The van der Waals surface area contributed by atoms with E-state index < -0.39 is 35.0 Å². The molecule has 2 amide bonds. The van der Waals surface area contributed by atoms with Gasteiger partial charge in [0.2, 0.25) is 11.8 Å². The van der Waals surface area contributed by atoms with E-state index in [1.54, 1.807) is 24.3 Å². The molecule has 7 heteroatoms.